The lowest BCUT2D eigenvalue weighted by Gasteiger charge is -2.13. The number of aromatic nitrogens is 1. The largest absolute Gasteiger partial charge is 0.497 e. The normalized spacial score (nSPS) is 11.1. The molecule has 0 aliphatic rings. The highest BCUT2D eigenvalue weighted by Crippen LogP contribution is 2.27. The lowest BCUT2D eigenvalue weighted by Crippen LogP contribution is -2.09. The van der Waals surface area contributed by atoms with E-state index in [1.54, 1.807) is 7.11 Å². The molecular weight excluding hydrogens is 426 g/mol. The molecule has 0 bridgehead atoms. The molecule has 0 spiro atoms. The number of carbonyl (C=O) groups excluding carboxylic acids is 1. The van der Waals surface area contributed by atoms with Crippen molar-refractivity contribution in [2.24, 2.45) is 0 Å². The van der Waals surface area contributed by atoms with Gasteiger partial charge >= 0.3 is 5.97 Å². The molecule has 0 radical (unpaired) electrons. The number of methoxy groups -OCH3 is 1. The Hall–Kier alpha value is -2.56. The molecule has 5 heteroatoms. The number of carbonyl (C=O) groups is 2. The number of aliphatic carboxylic acids is 1. The van der Waals surface area contributed by atoms with Crippen LogP contribution in [0.25, 0.3) is 0 Å². The zero-order valence-corrected chi connectivity index (χ0v) is 21.6. The molecule has 0 saturated carbocycles. The summed E-state index contributed by atoms with van der Waals surface area (Å²) in [6.45, 7) is 6.81. The van der Waals surface area contributed by atoms with E-state index in [-0.39, 0.29) is 12.2 Å². The molecule has 0 atom stereocenters. The van der Waals surface area contributed by atoms with E-state index < -0.39 is 5.97 Å². The molecule has 1 aromatic carbocycles. The van der Waals surface area contributed by atoms with E-state index in [1.807, 2.05) is 38.1 Å². The lowest BCUT2D eigenvalue weighted by atomic mass is 9.99. The summed E-state index contributed by atoms with van der Waals surface area (Å²) in [5.41, 5.74) is 4.70. The smallest absolute Gasteiger partial charge is 0.303 e. The van der Waals surface area contributed by atoms with Crippen LogP contribution in [0, 0.1) is 13.8 Å². The highest BCUT2D eigenvalue weighted by molar-refractivity contribution is 5.99. The minimum Gasteiger partial charge on any atom is -0.497 e. The van der Waals surface area contributed by atoms with Crippen molar-refractivity contribution in [2.75, 3.05) is 7.11 Å². The average molecular weight is 470 g/mol. The third-order valence-corrected chi connectivity index (χ3v) is 6.76. The second kappa shape index (κ2) is 14.6. The SMILES string of the molecule is CCCCCCCCCCCC(=O)c1c(C)c(CCC(=O)O)n(Cc2ccc(OC)cc2)c1C. The summed E-state index contributed by atoms with van der Waals surface area (Å²) in [5.74, 6) is 0.159. The van der Waals surface area contributed by atoms with E-state index >= 15 is 0 Å². The number of carboxylic acid groups (broad SMARTS) is 1. The summed E-state index contributed by atoms with van der Waals surface area (Å²) in [4.78, 5) is 24.4. The zero-order chi connectivity index (χ0) is 24.9. The van der Waals surface area contributed by atoms with Crippen LogP contribution < -0.4 is 4.74 Å². The van der Waals surface area contributed by atoms with Crippen molar-refractivity contribution in [1.29, 1.82) is 0 Å². The van der Waals surface area contributed by atoms with Crippen molar-refractivity contribution in [3.63, 3.8) is 0 Å². The van der Waals surface area contributed by atoms with Crippen molar-refractivity contribution in [2.45, 2.75) is 104 Å². The Morgan fingerprint density at radius 2 is 1.47 bits per heavy atom. The van der Waals surface area contributed by atoms with E-state index in [0.29, 0.717) is 19.4 Å². The Morgan fingerprint density at radius 1 is 0.882 bits per heavy atom. The van der Waals surface area contributed by atoms with Gasteiger partial charge in [-0.25, -0.2) is 0 Å². The molecular formula is C29H43NO4. The number of rotatable bonds is 17. The van der Waals surface area contributed by atoms with Crippen LogP contribution in [0.1, 0.15) is 110 Å². The molecule has 0 saturated heterocycles. The van der Waals surface area contributed by atoms with Crippen LogP contribution in [-0.2, 0) is 17.8 Å². The van der Waals surface area contributed by atoms with Crippen LogP contribution in [0.5, 0.6) is 5.75 Å². The van der Waals surface area contributed by atoms with Crippen molar-refractivity contribution in [1.82, 2.24) is 4.57 Å². The maximum Gasteiger partial charge on any atom is 0.303 e. The van der Waals surface area contributed by atoms with Gasteiger partial charge in [-0.3, -0.25) is 9.59 Å². The van der Waals surface area contributed by atoms with Crippen LogP contribution in [0.4, 0.5) is 0 Å². The zero-order valence-electron chi connectivity index (χ0n) is 21.6. The van der Waals surface area contributed by atoms with E-state index in [2.05, 4.69) is 11.5 Å². The predicted octanol–water partition coefficient (Wildman–Crippen LogP) is 7.28. The van der Waals surface area contributed by atoms with Crippen molar-refractivity contribution >= 4 is 11.8 Å². The quantitative estimate of drug-likeness (QED) is 0.195. The summed E-state index contributed by atoms with van der Waals surface area (Å²) in [7, 11) is 1.64. The number of unbranched alkanes of at least 4 members (excludes halogenated alkanes) is 8. The van der Waals surface area contributed by atoms with Gasteiger partial charge in [0, 0.05) is 29.9 Å². The number of hydrogen-bond acceptors (Lipinski definition) is 3. The summed E-state index contributed by atoms with van der Waals surface area (Å²) in [5, 5.41) is 9.25. The Kier molecular flexibility index (Phi) is 11.9. The maximum absolute atomic E-state index is 13.2. The second-order valence-electron chi connectivity index (χ2n) is 9.36. The van der Waals surface area contributed by atoms with Gasteiger partial charge in [0.15, 0.2) is 5.78 Å². The summed E-state index contributed by atoms with van der Waals surface area (Å²) < 4.78 is 7.38. The first kappa shape index (κ1) is 27.7. The Bertz CT molecular complexity index is 911. The Balaban J connectivity index is 2.05. The number of carboxylic acids is 1. The molecule has 1 N–H and O–H groups in total. The standard InChI is InChI=1S/C29H43NO4/c1-5-6-7-8-9-10-11-12-13-14-27(31)29-22(2)26(19-20-28(32)33)30(23(29)3)21-24-15-17-25(34-4)18-16-24/h15-18H,5-14,19-21H2,1-4H3,(H,32,33). The summed E-state index contributed by atoms with van der Waals surface area (Å²) in [6.07, 6.45) is 12.1. The van der Waals surface area contributed by atoms with E-state index in [0.717, 1.165) is 46.7 Å². The Labute approximate surface area is 205 Å². The molecule has 0 aliphatic heterocycles. The summed E-state index contributed by atoms with van der Waals surface area (Å²) >= 11 is 0. The third-order valence-electron chi connectivity index (χ3n) is 6.76. The number of Topliss-reactive ketones (excluding diaryl/α,β-unsaturated/α-hetero) is 1. The number of ketones is 1. The van der Waals surface area contributed by atoms with Gasteiger partial charge in [-0.1, -0.05) is 70.4 Å². The van der Waals surface area contributed by atoms with Gasteiger partial charge in [-0.2, -0.15) is 0 Å². The first-order valence-corrected chi connectivity index (χ1v) is 13.0. The van der Waals surface area contributed by atoms with Gasteiger partial charge in [-0.15, -0.1) is 0 Å². The second-order valence-corrected chi connectivity index (χ2v) is 9.36. The first-order valence-electron chi connectivity index (χ1n) is 13.0. The molecule has 0 unspecified atom stereocenters. The third kappa shape index (κ3) is 8.34. The number of nitrogens with zero attached hydrogens (tertiary/aromatic N) is 1. The van der Waals surface area contributed by atoms with Crippen LogP contribution >= 0.6 is 0 Å². The van der Waals surface area contributed by atoms with E-state index in [1.165, 1.54) is 44.9 Å². The van der Waals surface area contributed by atoms with E-state index in [9.17, 15) is 14.7 Å². The van der Waals surface area contributed by atoms with Crippen molar-refractivity contribution in [3.8, 4) is 5.75 Å². The minimum atomic E-state index is -0.822. The van der Waals surface area contributed by atoms with E-state index in [4.69, 9.17) is 4.74 Å². The molecule has 1 aromatic heterocycles. The number of benzene rings is 1. The maximum atomic E-state index is 13.2. The minimum absolute atomic E-state index is 0.0544. The van der Waals surface area contributed by atoms with Crippen molar-refractivity contribution in [3.05, 3.63) is 52.3 Å². The molecule has 188 valence electrons. The molecule has 2 rings (SSSR count). The average Bonchev–Trinajstić information content (AvgIpc) is 3.05. The monoisotopic (exact) mass is 469 g/mol. The van der Waals surface area contributed by atoms with Gasteiger partial charge in [0.05, 0.1) is 13.5 Å². The topological polar surface area (TPSA) is 68.5 Å². The number of ether oxygens (including phenoxy) is 1. The van der Waals surface area contributed by atoms with Crippen LogP contribution in [-0.4, -0.2) is 28.5 Å². The van der Waals surface area contributed by atoms with Gasteiger partial charge in [-0.05, 0) is 49.9 Å². The summed E-state index contributed by atoms with van der Waals surface area (Å²) in [6, 6.07) is 7.87. The Morgan fingerprint density at radius 3 is 2.03 bits per heavy atom. The van der Waals surface area contributed by atoms with Gasteiger partial charge < -0.3 is 14.4 Å². The molecule has 2 aromatic rings. The fourth-order valence-electron chi connectivity index (χ4n) is 4.76. The molecule has 34 heavy (non-hydrogen) atoms. The molecule has 5 nitrogen and oxygen atoms in total. The van der Waals surface area contributed by atoms with Crippen LogP contribution in [0.2, 0.25) is 0 Å². The highest BCUT2D eigenvalue weighted by Gasteiger charge is 2.22. The molecule has 0 aliphatic carbocycles. The number of hydrogen-bond donors (Lipinski definition) is 1. The molecule has 0 fully saturated rings. The van der Waals surface area contributed by atoms with Crippen molar-refractivity contribution < 1.29 is 19.4 Å². The predicted molar refractivity (Wildman–Crippen MR) is 138 cm³/mol. The fraction of sp³-hybridized carbons (Fsp3) is 0.586. The molecule has 1 heterocycles. The first-order chi connectivity index (χ1) is 16.4. The lowest BCUT2D eigenvalue weighted by molar-refractivity contribution is -0.137. The fourth-order valence-corrected chi connectivity index (χ4v) is 4.76. The van der Waals surface area contributed by atoms with Gasteiger partial charge in [0.2, 0.25) is 0 Å². The van der Waals surface area contributed by atoms with Crippen LogP contribution in [0.15, 0.2) is 24.3 Å². The highest BCUT2D eigenvalue weighted by atomic mass is 16.5. The molecule has 0 amide bonds. The van der Waals surface area contributed by atoms with Gasteiger partial charge in [0.25, 0.3) is 0 Å². The van der Waals surface area contributed by atoms with Crippen LogP contribution in [0.3, 0.4) is 0 Å². The van der Waals surface area contributed by atoms with Gasteiger partial charge in [0.1, 0.15) is 5.75 Å².